The summed E-state index contributed by atoms with van der Waals surface area (Å²) in [5.74, 6) is 5.80. The molecule has 0 atom stereocenters. The third-order valence-corrected chi connectivity index (χ3v) is 2.17. The normalized spacial score (nSPS) is 8.85. The summed E-state index contributed by atoms with van der Waals surface area (Å²) in [6.45, 7) is 8.96. The quantitative estimate of drug-likeness (QED) is 0.507. The summed E-state index contributed by atoms with van der Waals surface area (Å²) < 4.78 is 0. The lowest BCUT2D eigenvalue weighted by Gasteiger charge is -2.00. The molecule has 2 aromatic rings. The molecular weight excluding hydrogens is 252 g/mol. The molecule has 2 N–H and O–H groups in total. The number of benzene rings is 1. The summed E-state index contributed by atoms with van der Waals surface area (Å²) in [5.41, 5.74) is 2.99. The van der Waals surface area contributed by atoms with Crippen LogP contribution in [-0.4, -0.2) is 16.2 Å². The van der Waals surface area contributed by atoms with Gasteiger partial charge in [-0.05, 0) is 18.1 Å². The van der Waals surface area contributed by atoms with Gasteiger partial charge in [0.25, 0.3) is 0 Å². The molecule has 0 saturated heterocycles. The van der Waals surface area contributed by atoms with Gasteiger partial charge in [0.05, 0.1) is 6.21 Å². The highest BCUT2D eigenvalue weighted by atomic mass is 15.1. The van der Waals surface area contributed by atoms with Crippen molar-refractivity contribution in [3.05, 3.63) is 47.8 Å². The van der Waals surface area contributed by atoms with E-state index in [-0.39, 0.29) is 0 Å². The SMILES string of the molecule is C#N.C#N.Cc1cnc(-c2ccc(C=NN)cc2)nc1. The van der Waals surface area contributed by atoms with Crippen LogP contribution in [0.5, 0.6) is 0 Å². The zero-order chi connectivity index (χ0) is 15.4. The lowest BCUT2D eigenvalue weighted by atomic mass is 10.1. The summed E-state index contributed by atoms with van der Waals surface area (Å²) >= 11 is 0. The Bertz CT molecular complexity index is 560. The molecule has 1 heterocycles. The van der Waals surface area contributed by atoms with Crippen molar-refractivity contribution in [2.24, 2.45) is 10.9 Å². The zero-order valence-corrected chi connectivity index (χ0v) is 11.0. The van der Waals surface area contributed by atoms with E-state index in [0.29, 0.717) is 0 Å². The van der Waals surface area contributed by atoms with Crippen molar-refractivity contribution < 1.29 is 0 Å². The van der Waals surface area contributed by atoms with Crippen LogP contribution in [0.1, 0.15) is 11.1 Å². The number of hydrogen-bond donors (Lipinski definition) is 1. The fraction of sp³-hybridized carbons (Fsp3) is 0.0714. The van der Waals surface area contributed by atoms with Crippen LogP contribution in [0, 0.1) is 30.6 Å². The Morgan fingerprint density at radius 1 is 1.05 bits per heavy atom. The van der Waals surface area contributed by atoms with E-state index in [4.69, 9.17) is 16.4 Å². The molecule has 2 rings (SSSR count). The molecule has 0 spiro atoms. The highest BCUT2D eigenvalue weighted by Gasteiger charge is 1.99. The molecule has 0 saturated carbocycles. The summed E-state index contributed by atoms with van der Waals surface area (Å²) in [6.07, 6.45) is 5.20. The fourth-order valence-corrected chi connectivity index (χ4v) is 1.35. The van der Waals surface area contributed by atoms with E-state index >= 15 is 0 Å². The average molecular weight is 266 g/mol. The van der Waals surface area contributed by atoms with Crippen molar-refractivity contribution in [3.63, 3.8) is 0 Å². The number of nitriles is 2. The highest BCUT2D eigenvalue weighted by molar-refractivity contribution is 5.80. The molecule has 0 fully saturated rings. The second kappa shape index (κ2) is 9.75. The van der Waals surface area contributed by atoms with Crippen LogP contribution in [0.4, 0.5) is 0 Å². The third-order valence-electron chi connectivity index (χ3n) is 2.17. The van der Waals surface area contributed by atoms with Gasteiger partial charge in [-0.1, -0.05) is 24.3 Å². The smallest absolute Gasteiger partial charge is 0.159 e. The van der Waals surface area contributed by atoms with Gasteiger partial charge in [-0.15, -0.1) is 0 Å². The second-order valence-corrected chi connectivity index (χ2v) is 3.48. The Hall–Kier alpha value is -3.25. The summed E-state index contributed by atoms with van der Waals surface area (Å²) in [5, 5.41) is 16.5. The molecule has 100 valence electrons. The maximum Gasteiger partial charge on any atom is 0.159 e. The predicted molar refractivity (Wildman–Crippen MR) is 77.3 cm³/mol. The molecule has 0 bridgehead atoms. The van der Waals surface area contributed by atoms with Gasteiger partial charge in [0.2, 0.25) is 0 Å². The number of nitrogens with two attached hydrogens (primary N) is 1. The van der Waals surface area contributed by atoms with Crippen molar-refractivity contribution in [2.45, 2.75) is 6.92 Å². The summed E-state index contributed by atoms with van der Waals surface area (Å²) in [6, 6.07) is 7.74. The molecule has 0 amide bonds. The van der Waals surface area contributed by atoms with Gasteiger partial charge in [0.15, 0.2) is 5.82 Å². The van der Waals surface area contributed by atoms with E-state index in [1.165, 1.54) is 0 Å². The molecule has 0 unspecified atom stereocenters. The van der Waals surface area contributed by atoms with Crippen LogP contribution >= 0.6 is 0 Å². The van der Waals surface area contributed by atoms with E-state index in [1.807, 2.05) is 31.2 Å². The van der Waals surface area contributed by atoms with Gasteiger partial charge in [-0.3, -0.25) is 0 Å². The van der Waals surface area contributed by atoms with Crippen LogP contribution in [-0.2, 0) is 0 Å². The molecule has 0 aliphatic heterocycles. The van der Waals surface area contributed by atoms with Crippen molar-refractivity contribution >= 4 is 6.21 Å². The molecule has 1 aromatic heterocycles. The lowest BCUT2D eigenvalue weighted by Crippen LogP contribution is -1.90. The summed E-state index contributed by atoms with van der Waals surface area (Å²) in [7, 11) is 0. The first-order valence-electron chi connectivity index (χ1n) is 5.43. The van der Waals surface area contributed by atoms with E-state index in [0.717, 1.165) is 22.5 Å². The van der Waals surface area contributed by atoms with E-state index in [2.05, 4.69) is 28.2 Å². The first-order chi connectivity index (χ1) is 9.79. The number of hydrazone groups is 1. The molecule has 0 aliphatic rings. The van der Waals surface area contributed by atoms with Crippen LogP contribution < -0.4 is 5.84 Å². The largest absolute Gasteiger partial charge is 0.323 e. The molecule has 0 aliphatic carbocycles. The van der Waals surface area contributed by atoms with Gasteiger partial charge in [0, 0.05) is 31.1 Å². The monoisotopic (exact) mass is 266 g/mol. The molecule has 20 heavy (non-hydrogen) atoms. The van der Waals surface area contributed by atoms with E-state index < -0.39 is 0 Å². The van der Waals surface area contributed by atoms with Gasteiger partial charge in [0.1, 0.15) is 0 Å². The van der Waals surface area contributed by atoms with Crippen molar-refractivity contribution in [2.75, 3.05) is 0 Å². The first-order valence-corrected chi connectivity index (χ1v) is 5.43. The van der Waals surface area contributed by atoms with Crippen LogP contribution in [0.2, 0.25) is 0 Å². The molecule has 6 nitrogen and oxygen atoms in total. The maximum absolute atomic E-state index is 6.50. The first kappa shape index (κ1) is 16.8. The van der Waals surface area contributed by atoms with E-state index in [1.54, 1.807) is 18.6 Å². The Balaban J connectivity index is 0.000000829. The highest BCUT2D eigenvalue weighted by Crippen LogP contribution is 2.14. The zero-order valence-electron chi connectivity index (χ0n) is 11.0. The molecule has 1 aromatic carbocycles. The Morgan fingerprint density at radius 2 is 1.55 bits per heavy atom. The number of rotatable bonds is 2. The Kier molecular flexibility index (Phi) is 8.16. The minimum atomic E-state index is 0.724. The van der Waals surface area contributed by atoms with Gasteiger partial charge < -0.3 is 5.84 Å². The molecule has 6 heteroatoms. The van der Waals surface area contributed by atoms with Gasteiger partial charge in [-0.25, -0.2) is 20.5 Å². The number of aryl methyl sites for hydroxylation is 1. The van der Waals surface area contributed by atoms with Crippen LogP contribution in [0.25, 0.3) is 11.4 Å². The van der Waals surface area contributed by atoms with E-state index in [9.17, 15) is 0 Å². The topological polar surface area (TPSA) is 112 Å². The maximum atomic E-state index is 6.50. The Labute approximate surface area is 117 Å². The second-order valence-electron chi connectivity index (χ2n) is 3.48. The minimum Gasteiger partial charge on any atom is -0.323 e. The van der Waals surface area contributed by atoms with Crippen LogP contribution in [0.15, 0.2) is 41.8 Å². The lowest BCUT2D eigenvalue weighted by molar-refractivity contribution is 1.14. The van der Waals surface area contributed by atoms with Crippen LogP contribution in [0.3, 0.4) is 0 Å². The van der Waals surface area contributed by atoms with Gasteiger partial charge >= 0.3 is 0 Å². The number of hydrogen-bond acceptors (Lipinski definition) is 6. The number of nitrogens with zero attached hydrogens (tertiary/aromatic N) is 5. The third kappa shape index (κ3) is 4.94. The summed E-state index contributed by atoms with van der Waals surface area (Å²) in [4.78, 5) is 8.51. The minimum absolute atomic E-state index is 0.724. The predicted octanol–water partition coefficient (Wildman–Crippen LogP) is 2.02. The van der Waals surface area contributed by atoms with Crippen molar-refractivity contribution in [1.29, 1.82) is 10.5 Å². The van der Waals surface area contributed by atoms with Gasteiger partial charge in [-0.2, -0.15) is 5.10 Å². The Morgan fingerprint density at radius 3 is 2.00 bits per heavy atom. The van der Waals surface area contributed by atoms with Crippen molar-refractivity contribution in [3.8, 4) is 24.5 Å². The molecule has 0 radical (unpaired) electrons. The molecular formula is C14H14N6. The van der Waals surface area contributed by atoms with Crippen molar-refractivity contribution in [1.82, 2.24) is 9.97 Å². The number of aromatic nitrogens is 2. The fourth-order valence-electron chi connectivity index (χ4n) is 1.35. The average Bonchev–Trinajstić information content (AvgIpc) is 2.53. The standard InChI is InChI=1S/C12H12N4.2CHN/c1-9-6-14-12(15-7-9)11-4-2-10(3-5-11)8-16-13;2*1-2/h2-8H,13H2,1H3;2*1H.